The molecule has 6 heteroatoms. The topological polar surface area (TPSA) is 89.3 Å². The zero-order valence-corrected chi connectivity index (χ0v) is 8.73. The number of hydrogen-bond donors (Lipinski definition) is 2. The molecule has 0 radical (unpaired) electrons. The molecule has 1 atom stereocenters. The van der Waals surface area contributed by atoms with Gasteiger partial charge in [-0.25, -0.2) is 8.42 Å². The molecule has 0 aliphatic heterocycles. The van der Waals surface area contributed by atoms with Gasteiger partial charge in [0.15, 0.2) is 0 Å². The Morgan fingerprint density at radius 1 is 1.54 bits per heavy atom. The summed E-state index contributed by atoms with van der Waals surface area (Å²) in [6.07, 6.45) is 1.59. The monoisotopic (exact) mass is 208 g/mol. The van der Waals surface area contributed by atoms with Gasteiger partial charge in [-0.3, -0.25) is 4.79 Å². The molecule has 0 aromatic rings. The fourth-order valence-corrected chi connectivity index (χ4v) is 1.38. The number of carbonyl (C=O) groups excluding carboxylic acids is 1. The average Bonchev–Trinajstić information content (AvgIpc) is 1.95. The molecule has 1 amide bonds. The van der Waals surface area contributed by atoms with Gasteiger partial charge < -0.3 is 11.1 Å². The molecule has 0 saturated carbocycles. The zero-order chi connectivity index (χ0) is 10.5. The van der Waals surface area contributed by atoms with Gasteiger partial charge in [0.2, 0.25) is 5.91 Å². The largest absolute Gasteiger partial charge is 0.355 e. The SMILES string of the molecule is C[C@@H](N)C(=O)NCCCS(C)(=O)=O. The van der Waals surface area contributed by atoms with Gasteiger partial charge in [-0.2, -0.15) is 0 Å². The molecule has 78 valence electrons. The molecule has 0 saturated heterocycles. The molecule has 0 spiro atoms. The van der Waals surface area contributed by atoms with Crippen LogP contribution in [0.4, 0.5) is 0 Å². The second kappa shape index (κ2) is 5.18. The van der Waals surface area contributed by atoms with Crippen molar-refractivity contribution in [2.75, 3.05) is 18.6 Å². The molecule has 0 aliphatic carbocycles. The number of nitrogens with one attached hydrogen (secondary N) is 1. The predicted octanol–water partition coefficient (Wildman–Crippen LogP) is -1.12. The van der Waals surface area contributed by atoms with Crippen LogP contribution in [0, 0.1) is 0 Å². The van der Waals surface area contributed by atoms with E-state index in [4.69, 9.17) is 5.73 Å². The highest BCUT2D eigenvalue weighted by Crippen LogP contribution is 1.87. The normalized spacial score (nSPS) is 13.8. The first kappa shape index (κ1) is 12.4. The van der Waals surface area contributed by atoms with E-state index in [1.54, 1.807) is 6.92 Å². The first-order valence-electron chi connectivity index (χ1n) is 4.04. The van der Waals surface area contributed by atoms with E-state index >= 15 is 0 Å². The molecule has 5 nitrogen and oxygen atoms in total. The Kier molecular flexibility index (Phi) is 4.94. The Morgan fingerprint density at radius 3 is 2.46 bits per heavy atom. The van der Waals surface area contributed by atoms with Crippen LogP contribution in [0.25, 0.3) is 0 Å². The molecule has 0 unspecified atom stereocenters. The van der Waals surface area contributed by atoms with Crippen molar-refractivity contribution in [2.45, 2.75) is 19.4 Å². The van der Waals surface area contributed by atoms with E-state index in [0.29, 0.717) is 13.0 Å². The fourth-order valence-electron chi connectivity index (χ4n) is 0.707. The third-order valence-corrected chi connectivity index (χ3v) is 2.43. The average molecular weight is 208 g/mol. The zero-order valence-electron chi connectivity index (χ0n) is 7.91. The van der Waals surface area contributed by atoms with E-state index in [-0.39, 0.29) is 11.7 Å². The molecule has 0 bridgehead atoms. The summed E-state index contributed by atoms with van der Waals surface area (Å²) in [5.74, 6) is -0.167. The van der Waals surface area contributed by atoms with Gasteiger partial charge in [-0.1, -0.05) is 0 Å². The van der Waals surface area contributed by atoms with Crippen LogP contribution in [0.1, 0.15) is 13.3 Å². The van der Waals surface area contributed by atoms with Crippen LogP contribution in [0.5, 0.6) is 0 Å². The van der Waals surface area contributed by atoms with E-state index in [1.165, 1.54) is 6.26 Å². The fraction of sp³-hybridized carbons (Fsp3) is 0.857. The Morgan fingerprint density at radius 2 is 2.08 bits per heavy atom. The van der Waals surface area contributed by atoms with E-state index in [9.17, 15) is 13.2 Å². The Balaban J connectivity index is 3.53. The molecule has 0 rings (SSSR count). The van der Waals surface area contributed by atoms with Crippen LogP contribution < -0.4 is 11.1 Å². The van der Waals surface area contributed by atoms with Crippen molar-refractivity contribution in [3.63, 3.8) is 0 Å². The summed E-state index contributed by atoms with van der Waals surface area (Å²) in [5.41, 5.74) is 5.27. The van der Waals surface area contributed by atoms with E-state index in [1.807, 2.05) is 0 Å². The van der Waals surface area contributed by atoms with Crippen LogP contribution in [-0.2, 0) is 14.6 Å². The first-order valence-corrected chi connectivity index (χ1v) is 6.10. The van der Waals surface area contributed by atoms with E-state index in [0.717, 1.165) is 0 Å². The first-order chi connectivity index (χ1) is 5.83. The number of carbonyl (C=O) groups is 1. The number of hydrogen-bond acceptors (Lipinski definition) is 4. The number of rotatable bonds is 5. The van der Waals surface area contributed by atoms with Crippen LogP contribution >= 0.6 is 0 Å². The summed E-state index contributed by atoms with van der Waals surface area (Å²) < 4.78 is 21.3. The van der Waals surface area contributed by atoms with Gasteiger partial charge in [0, 0.05) is 12.8 Å². The van der Waals surface area contributed by atoms with Crippen LogP contribution in [0.15, 0.2) is 0 Å². The second-order valence-corrected chi connectivity index (χ2v) is 5.32. The van der Waals surface area contributed by atoms with Crippen molar-refractivity contribution in [1.29, 1.82) is 0 Å². The summed E-state index contributed by atoms with van der Waals surface area (Å²) in [5, 5.41) is 2.53. The summed E-state index contributed by atoms with van der Waals surface area (Å²) in [6, 6.07) is -0.543. The van der Waals surface area contributed by atoms with Gasteiger partial charge >= 0.3 is 0 Å². The molecular weight excluding hydrogens is 192 g/mol. The quantitative estimate of drug-likeness (QED) is 0.560. The van der Waals surface area contributed by atoms with E-state index in [2.05, 4.69) is 5.32 Å². The van der Waals surface area contributed by atoms with Crippen LogP contribution in [0.3, 0.4) is 0 Å². The number of sulfone groups is 1. The summed E-state index contributed by atoms with van der Waals surface area (Å²) in [7, 11) is -2.92. The minimum atomic E-state index is -2.92. The molecule has 13 heavy (non-hydrogen) atoms. The highest BCUT2D eigenvalue weighted by atomic mass is 32.2. The Labute approximate surface area is 78.6 Å². The van der Waals surface area contributed by atoms with Crippen molar-refractivity contribution < 1.29 is 13.2 Å². The van der Waals surface area contributed by atoms with Crippen molar-refractivity contribution in [3.8, 4) is 0 Å². The lowest BCUT2D eigenvalue weighted by molar-refractivity contribution is -0.121. The van der Waals surface area contributed by atoms with Gasteiger partial charge in [0.25, 0.3) is 0 Å². The second-order valence-electron chi connectivity index (χ2n) is 3.06. The van der Waals surface area contributed by atoms with Gasteiger partial charge in [-0.15, -0.1) is 0 Å². The molecule has 0 heterocycles. The standard InChI is InChI=1S/C7H16N2O3S/c1-6(8)7(10)9-4-3-5-13(2,11)12/h6H,3-5,8H2,1-2H3,(H,9,10)/t6-/m1/s1. The third-order valence-electron chi connectivity index (χ3n) is 1.40. The molecule has 0 aromatic carbocycles. The van der Waals surface area contributed by atoms with Crippen molar-refractivity contribution in [3.05, 3.63) is 0 Å². The van der Waals surface area contributed by atoms with Crippen molar-refractivity contribution >= 4 is 15.7 Å². The van der Waals surface area contributed by atoms with Gasteiger partial charge in [-0.05, 0) is 13.3 Å². The maximum atomic E-state index is 10.9. The molecule has 0 fully saturated rings. The number of nitrogens with two attached hydrogens (primary N) is 1. The van der Waals surface area contributed by atoms with Crippen LogP contribution in [0.2, 0.25) is 0 Å². The highest BCUT2D eigenvalue weighted by Gasteiger charge is 2.06. The van der Waals surface area contributed by atoms with Crippen molar-refractivity contribution in [2.24, 2.45) is 5.73 Å². The van der Waals surface area contributed by atoms with Gasteiger partial charge in [0.05, 0.1) is 11.8 Å². The van der Waals surface area contributed by atoms with Gasteiger partial charge in [0.1, 0.15) is 9.84 Å². The summed E-state index contributed by atoms with van der Waals surface area (Å²) >= 11 is 0. The smallest absolute Gasteiger partial charge is 0.236 e. The Bertz CT molecular complexity index is 259. The minimum absolute atomic E-state index is 0.0895. The molecule has 0 aliphatic rings. The minimum Gasteiger partial charge on any atom is -0.355 e. The van der Waals surface area contributed by atoms with E-state index < -0.39 is 15.9 Å². The molecular formula is C7H16N2O3S. The molecule has 0 aromatic heterocycles. The molecule has 3 N–H and O–H groups in total. The van der Waals surface area contributed by atoms with Crippen LogP contribution in [-0.4, -0.2) is 38.9 Å². The lowest BCUT2D eigenvalue weighted by Crippen LogP contribution is -2.39. The van der Waals surface area contributed by atoms with Crippen molar-refractivity contribution in [1.82, 2.24) is 5.32 Å². The lowest BCUT2D eigenvalue weighted by Gasteiger charge is -2.06. The predicted molar refractivity (Wildman–Crippen MR) is 51.0 cm³/mol. The Hall–Kier alpha value is -0.620. The summed E-state index contributed by atoms with van der Waals surface area (Å²) in [4.78, 5) is 10.9. The lowest BCUT2D eigenvalue weighted by atomic mass is 10.3. The maximum Gasteiger partial charge on any atom is 0.236 e. The summed E-state index contributed by atoms with van der Waals surface area (Å²) in [6.45, 7) is 1.93. The highest BCUT2D eigenvalue weighted by molar-refractivity contribution is 7.90. The number of amides is 1. The third kappa shape index (κ3) is 7.73. The maximum absolute atomic E-state index is 10.9.